The summed E-state index contributed by atoms with van der Waals surface area (Å²) in [5.74, 6) is 0.855. The molecule has 0 aliphatic rings. The molecule has 0 saturated heterocycles. The molecule has 0 saturated carbocycles. The molecule has 0 atom stereocenters. The van der Waals surface area contributed by atoms with Gasteiger partial charge in [0.25, 0.3) is 0 Å². The number of carbonyl (C=O) groups is 1. The van der Waals surface area contributed by atoms with Crippen molar-refractivity contribution >= 4 is 17.5 Å². The minimum atomic E-state index is -0.139. The maximum absolute atomic E-state index is 12.0. The molecule has 31 heavy (non-hydrogen) atoms. The molecule has 3 aromatic heterocycles. The van der Waals surface area contributed by atoms with E-state index in [1.807, 2.05) is 70.2 Å². The molecule has 0 fully saturated rings. The number of pyridine rings is 1. The van der Waals surface area contributed by atoms with E-state index < -0.39 is 0 Å². The fourth-order valence-corrected chi connectivity index (χ4v) is 3.37. The van der Waals surface area contributed by atoms with Gasteiger partial charge >= 0.3 is 0 Å². The van der Waals surface area contributed by atoms with Crippen molar-refractivity contribution < 1.29 is 9.53 Å². The summed E-state index contributed by atoms with van der Waals surface area (Å²) in [7, 11) is 0. The molecule has 1 amide bonds. The Morgan fingerprint density at radius 3 is 2.61 bits per heavy atom. The van der Waals surface area contributed by atoms with E-state index in [0.29, 0.717) is 18.2 Å². The van der Waals surface area contributed by atoms with E-state index in [-0.39, 0.29) is 11.8 Å². The van der Waals surface area contributed by atoms with Gasteiger partial charge in [-0.2, -0.15) is 10.1 Å². The standard InChI is InChI=1S/C23H26N6O2/c1-14(2)22(30)25-23-24-21-7-5-6-20(29(21)28-23)17-8-10-18(11-9-17)31-13-12-19-15(3)26-27-16(19)4/h5-11,14H,12-13H2,1-4H3,(H,26,27)(H,25,28,30). The number of carbonyl (C=O) groups excluding carboxylic acids is 1. The number of amides is 1. The SMILES string of the molecule is Cc1n[nH]c(C)c1CCOc1ccc(-c2cccc3nc(NC(=O)C(C)C)nn23)cc1. The van der Waals surface area contributed by atoms with Gasteiger partial charge in [-0.1, -0.05) is 19.9 Å². The van der Waals surface area contributed by atoms with Gasteiger partial charge in [0.05, 0.1) is 18.0 Å². The van der Waals surface area contributed by atoms with Gasteiger partial charge in [0.2, 0.25) is 11.9 Å². The molecule has 8 heteroatoms. The number of nitrogens with zero attached hydrogens (tertiary/aromatic N) is 4. The molecule has 4 aromatic rings. The maximum Gasteiger partial charge on any atom is 0.249 e. The lowest BCUT2D eigenvalue weighted by molar-refractivity contribution is -0.118. The van der Waals surface area contributed by atoms with E-state index in [9.17, 15) is 4.79 Å². The van der Waals surface area contributed by atoms with Gasteiger partial charge in [0, 0.05) is 23.6 Å². The van der Waals surface area contributed by atoms with Gasteiger partial charge in [0.1, 0.15) is 5.75 Å². The highest BCUT2D eigenvalue weighted by molar-refractivity contribution is 5.90. The highest BCUT2D eigenvalue weighted by Crippen LogP contribution is 2.24. The third-order valence-electron chi connectivity index (χ3n) is 5.17. The van der Waals surface area contributed by atoms with Gasteiger partial charge in [-0.25, -0.2) is 4.52 Å². The van der Waals surface area contributed by atoms with Gasteiger partial charge in [-0.15, -0.1) is 5.10 Å². The summed E-state index contributed by atoms with van der Waals surface area (Å²) in [5, 5.41) is 14.4. The first-order valence-corrected chi connectivity index (χ1v) is 10.3. The molecule has 1 aromatic carbocycles. The minimum absolute atomic E-state index is 0.111. The van der Waals surface area contributed by atoms with Crippen LogP contribution in [0.5, 0.6) is 5.75 Å². The topological polar surface area (TPSA) is 97.2 Å². The van der Waals surface area contributed by atoms with Crippen LogP contribution in [0, 0.1) is 19.8 Å². The first-order chi connectivity index (χ1) is 14.9. The summed E-state index contributed by atoms with van der Waals surface area (Å²) in [6.07, 6.45) is 0.805. The lowest BCUT2D eigenvalue weighted by atomic mass is 10.1. The van der Waals surface area contributed by atoms with Gasteiger partial charge in [-0.05, 0) is 55.8 Å². The molecule has 0 aliphatic heterocycles. The molecule has 4 rings (SSSR count). The Morgan fingerprint density at radius 1 is 1.16 bits per heavy atom. The van der Waals surface area contributed by atoms with E-state index in [1.165, 1.54) is 5.56 Å². The van der Waals surface area contributed by atoms with E-state index in [4.69, 9.17) is 4.74 Å². The zero-order valence-electron chi connectivity index (χ0n) is 18.1. The molecule has 0 bridgehead atoms. The molecule has 0 aliphatic carbocycles. The number of benzene rings is 1. The van der Waals surface area contributed by atoms with Crippen LogP contribution < -0.4 is 10.1 Å². The number of aromatic nitrogens is 5. The number of aryl methyl sites for hydroxylation is 2. The number of fused-ring (bicyclic) bond motifs is 1. The molecular formula is C23H26N6O2. The van der Waals surface area contributed by atoms with Crippen molar-refractivity contribution in [3.63, 3.8) is 0 Å². The Hall–Kier alpha value is -3.68. The van der Waals surface area contributed by atoms with Crippen molar-refractivity contribution in [2.75, 3.05) is 11.9 Å². The van der Waals surface area contributed by atoms with Crippen LogP contribution in [-0.2, 0) is 11.2 Å². The van der Waals surface area contributed by atoms with Crippen molar-refractivity contribution in [1.82, 2.24) is 24.8 Å². The van der Waals surface area contributed by atoms with Crippen LogP contribution >= 0.6 is 0 Å². The molecule has 0 spiro atoms. The Labute approximate surface area is 180 Å². The molecule has 0 unspecified atom stereocenters. The third kappa shape index (κ3) is 4.42. The van der Waals surface area contributed by atoms with Gasteiger partial charge in [-0.3, -0.25) is 15.2 Å². The number of ether oxygens (including phenoxy) is 1. The zero-order chi connectivity index (χ0) is 22.0. The number of anilines is 1. The quantitative estimate of drug-likeness (QED) is 0.474. The average molecular weight is 419 g/mol. The number of aromatic amines is 1. The number of H-pyrrole nitrogens is 1. The Bertz CT molecular complexity index is 1190. The van der Waals surface area contributed by atoms with E-state index in [1.54, 1.807) is 4.52 Å². The van der Waals surface area contributed by atoms with Crippen LogP contribution in [0.2, 0.25) is 0 Å². The number of hydrogen-bond donors (Lipinski definition) is 2. The summed E-state index contributed by atoms with van der Waals surface area (Å²) in [4.78, 5) is 16.4. The highest BCUT2D eigenvalue weighted by atomic mass is 16.5. The first kappa shape index (κ1) is 20.6. The van der Waals surface area contributed by atoms with Gasteiger partial charge < -0.3 is 4.74 Å². The van der Waals surface area contributed by atoms with Crippen LogP contribution in [0.3, 0.4) is 0 Å². The third-order valence-corrected chi connectivity index (χ3v) is 5.17. The zero-order valence-corrected chi connectivity index (χ0v) is 18.1. The van der Waals surface area contributed by atoms with Crippen LogP contribution in [-0.4, -0.2) is 37.3 Å². The largest absolute Gasteiger partial charge is 0.493 e. The van der Waals surface area contributed by atoms with Gasteiger partial charge in [0.15, 0.2) is 5.65 Å². The normalized spacial score (nSPS) is 11.3. The summed E-state index contributed by atoms with van der Waals surface area (Å²) >= 11 is 0. The second-order valence-electron chi connectivity index (χ2n) is 7.80. The van der Waals surface area contributed by atoms with E-state index in [2.05, 4.69) is 25.6 Å². The van der Waals surface area contributed by atoms with Crippen LogP contribution in [0.4, 0.5) is 5.95 Å². The Morgan fingerprint density at radius 2 is 1.94 bits per heavy atom. The van der Waals surface area contributed by atoms with Crippen molar-refractivity contribution in [3.8, 4) is 17.0 Å². The van der Waals surface area contributed by atoms with E-state index >= 15 is 0 Å². The van der Waals surface area contributed by atoms with Crippen LogP contribution in [0.1, 0.15) is 30.8 Å². The van der Waals surface area contributed by atoms with Crippen molar-refractivity contribution in [2.24, 2.45) is 5.92 Å². The van der Waals surface area contributed by atoms with Crippen molar-refractivity contribution in [2.45, 2.75) is 34.1 Å². The van der Waals surface area contributed by atoms with Crippen molar-refractivity contribution in [3.05, 3.63) is 59.4 Å². The summed E-state index contributed by atoms with van der Waals surface area (Å²) < 4.78 is 7.65. The van der Waals surface area contributed by atoms with E-state index in [0.717, 1.165) is 34.8 Å². The fraction of sp³-hybridized carbons (Fsp3) is 0.304. The molecule has 2 N–H and O–H groups in total. The fourth-order valence-electron chi connectivity index (χ4n) is 3.37. The van der Waals surface area contributed by atoms with Crippen LogP contribution in [0.15, 0.2) is 42.5 Å². The molecule has 8 nitrogen and oxygen atoms in total. The summed E-state index contributed by atoms with van der Waals surface area (Å²) in [6.45, 7) is 8.26. The second-order valence-corrected chi connectivity index (χ2v) is 7.80. The lowest BCUT2D eigenvalue weighted by Gasteiger charge is -2.08. The van der Waals surface area contributed by atoms with Crippen molar-refractivity contribution in [1.29, 1.82) is 0 Å². The minimum Gasteiger partial charge on any atom is -0.493 e. The number of hydrogen-bond acceptors (Lipinski definition) is 5. The molecule has 0 radical (unpaired) electrons. The summed E-state index contributed by atoms with van der Waals surface area (Å²) in [5.41, 5.74) is 5.83. The Kier molecular flexibility index (Phi) is 5.70. The predicted octanol–water partition coefficient (Wildman–Crippen LogP) is 3.95. The molecule has 160 valence electrons. The molecular weight excluding hydrogens is 392 g/mol. The monoisotopic (exact) mass is 418 g/mol. The second kappa shape index (κ2) is 8.59. The molecule has 3 heterocycles. The number of nitrogens with one attached hydrogen (secondary N) is 2. The summed E-state index contributed by atoms with van der Waals surface area (Å²) in [6, 6.07) is 13.6. The highest BCUT2D eigenvalue weighted by Gasteiger charge is 2.13. The lowest BCUT2D eigenvalue weighted by Crippen LogP contribution is -2.18. The first-order valence-electron chi connectivity index (χ1n) is 10.3. The van der Waals surface area contributed by atoms with Crippen LogP contribution in [0.25, 0.3) is 16.9 Å². The predicted molar refractivity (Wildman–Crippen MR) is 119 cm³/mol. The maximum atomic E-state index is 12.0. The Balaban J connectivity index is 1.48. The smallest absolute Gasteiger partial charge is 0.249 e. The average Bonchev–Trinajstić information content (AvgIpc) is 3.31. The number of rotatable bonds is 7.